The highest BCUT2D eigenvalue weighted by Crippen LogP contribution is 2.38. The maximum absolute atomic E-state index is 12.4. The van der Waals surface area contributed by atoms with Crippen molar-refractivity contribution in [1.82, 2.24) is 4.90 Å². The molecule has 26 heavy (non-hydrogen) atoms. The van der Waals surface area contributed by atoms with Crippen LogP contribution in [0.3, 0.4) is 0 Å². The normalized spacial score (nSPS) is 14.0. The lowest BCUT2D eigenvalue weighted by molar-refractivity contribution is 0.241. The summed E-state index contributed by atoms with van der Waals surface area (Å²) >= 11 is 0. The second-order valence-electron chi connectivity index (χ2n) is 6.54. The average Bonchev–Trinajstić information content (AvgIpc) is 2.61. The van der Waals surface area contributed by atoms with Crippen LogP contribution in [0.4, 0.5) is 0 Å². The van der Waals surface area contributed by atoms with Gasteiger partial charge in [-0.05, 0) is 24.5 Å². The van der Waals surface area contributed by atoms with Gasteiger partial charge in [-0.25, -0.2) is 4.79 Å². The summed E-state index contributed by atoms with van der Waals surface area (Å²) in [6.45, 7) is 3.69. The van der Waals surface area contributed by atoms with Crippen molar-refractivity contribution < 1.29 is 14.6 Å². The lowest BCUT2D eigenvalue weighted by Gasteiger charge is -2.28. The van der Waals surface area contributed by atoms with Gasteiger partial charge in [-0.2, -0.15) is 0 Å². The number of phenolic OH excluding ortho intramolecular Hbond substituents is 2. The molecule has 0 fully saturated rings. The molecule has 1 aliphatic rings. The number of phenols is 2. The zero-order valence-corrected chi connectivity index (χ0v) is 15.2. The summed E-state index contributed by atoms with van der Waals surface area (Å²) in [5.74, 6) is -0.0823. The predicted octanol–water partition coefficient (Wildman–Crippen LogP) is 3.49. The van der Waals surface area contributed by atoms with Gasteiger partial charge in [0.15, 0.2) is 0 Å². The van der Waals surface area contributed by atoms with Crippen molar-refractivity contribution in [2.75, 3.05) is 6.54 Å². The summed E-state index contributed by atoms with van der Waals surface area (Å²) < 4.78 is 5.37. The lowest BCUT2D eigenvalue weighted by Crippen LogP contribution is -2.33. The van der Waals surface area contributed by atoms with E-state index in [2.05, 4.69) is 17.0 Å². The van der Waals surface area contributed by atoms with Crippen molar-refractivity contribution in [1.29, 1.82) is 0 Å². The van der Waals surface area contributed by atoms with Crippen LogP contribution in [0.1, 0.15) is 22.3 Å². The Balaban J connectivity index is 0.00000196. The van der Waals surface area contributed by atoms with Crippen LogP contribution in [0.5, 0.6) is 11.5 Å². The number of halogens is 1. The summed E-state index contributed by atoms with van der Waals surface area (Å²) in [5.41, 5.74) is 2.85. The van der Waals surface area contributed by atoms with Gasteiger partial charge in [-0.1, -0.05) is 30.3 Å². The molecule has 0 unspecified atom stereocenters. The highest BCUT2D eigenvalue weighted by atomic mass is 35.5. The van der Waals surface area contributed by atoms with E-state index in [1.54, 1.807) is 6.92 Å². The number of rotatable bonds is 2. The summed E-state index contributed by atoms with van der Waals surface area (Å²) in [4.78, 5) is 14.6. The number of nitrogens with zero attached hydrogens (tertiary/aromatic N) is 1. The average molecular weight is 374 g/mol. The van der Waals surface area contributed by atoms with Crippen molar-refractivity contribution >= 4 is 23.4 Å². The fourth-order valence-corrected chi connectivity index (χ4v) is 3.52. The van der Waals surface area contributed by atoms with Crippen molar-refractivity contribution in [2.24, 2.45) is 0 Å². The molecule has 3 aromatic rings. The van der Waals surface area contributed by atoms with Crippen LogP contribution in [0.15, 0.2) is 45.6 Å². The molecule has 0 atom stereocenters. The molecular weight excluding hydrogens is 354 g/mol. The molecule has 0 saturated heterocycles. The molecule has 136 valence electrons. The van der Waals surface area contributed by atoms with E-state index in [-0.39, 0.29) is 29.5 Å². The molecule has 0 saturated carbocycles. The van der Waals surface area contributed by atoms with E-state index in [0.29, 0.717) is 29.5 Å². The van der Waals surface area contributed by atoms with E-state index in [1.165, 1.54) is 11.6 Å². The van der Waals surface area contributed by atoms with Gasteiger partial charge in [0.05, 0.1) is 10.9 Å². The molecule has 6 heteroatoms. The highest BCUT2D eigenvalue weighted by molar-refractivity contribution is 5.90. The summed E-state index contributed by atoms with van der Waals surface area (Å²) in [5, 5.41) is 20.9. The Hall–Kier alpha value is -2.50. The molecule has 0 bridgehead atoms. The summed E-state index contributed by atoms with van der Waals surface area (Å²) in [6.07, 6.45) is 0.655. The third-order valence-corrected chi connectivity index (χ3v) is 4.91. The van der Waals surface area contributed by atoms with E-state index in [1.807, 2.05) is 18.2 Å². The first-order chi connectivity index (χ1) is 12.0. The molecule has 1 aromatic heterocycles. The molecule has 0 aliphatic carbocycles. The monoisotopic (exact) mass is 373 g/mol. The minimum absolute atomic E-state index is 0. The predicted molar refractivity (Wildman–Crippen MR) is 102 cm³/mol. The number of fused-ring (bicyclic) bond motifs is 3. The Labute approximate surface area is 156 Å². The van der Waals surface area contributed by atoms with Gasteiger partial charge in [0.1, 0.15) is 17.1 Å². The molecular formula is C20H20ClNO4. The minimum atomic E-state index is -0.400. The zero-order chi connectivity index (χ0) is 17.6. The quantitative estimate of drug-likeness (QED) is 0.672. The zero-order valence-electron chi connectivity index (χ0n) is 14.4. The number of hydrogen-bond donors (Lipinski definition) is 2. The Morgan fingerprint density at radius 3 is 2.62 bits per heavy atom. The summed E-state index contributed by atoms with van der Waals surface area (Å²) in [6, 6.07) is 11.5. The van der Waals surface area contributed by atoms with Gasteiger partial charge >= 0.3 is 5.63 Å². The van der Waals surface area contributed by atoms with E-state index < -0.39 is 5.63 Å². The molecule has 2 N–H and O–H groups in total. The first-order valence-corrected chi connectivity index (χ1v) is 8.31. The van der Waals surface area contributed by atoms with Gasteiger partial charge in [0.25, 0.3) is 0 Å². The topological polar surface area (TPSA) is 73.9 Å². The van der Waals surface area contributed by atoms with Crippen LogP contribution >= 0.6 is 12.4 Å². The number of hydrogen-bond acceptors (Lipinski definition) is 5. The maximum Gasteiger partial charge on any atom is 0.341 e. The third-order valence-electron chi connectivity index (χ3n) is 4.91. The molecule has 2 heterocycles. The largest absolute Gasteiger partial charge is 0.507 e. The van der Waals surface area contributed by atoms with Gasteiger partial charge in [0.2, 0.25) is 0 Å². The molecule has 2 aromatic carbocycles. The van der Waals surface area contributed by atoms with Gasteiger partial charge in [-0.15, -0.1) is 12.4 Å². The molecule has 0 radical (unpaired) electrons. The van der Waals surface area contributed by atoms with E-state index in [0.717, 1.165) is 18.7 Å². The molecule has 0 amide bonds. The smallest absolute Gasteiger partial charge is 0.341 e. The van der Waals surface area contributed by atoms with E-state index >= 15 is 0 Å². The van der Waals surface area contributed by atoms with Crippen molar-refractivity contribution in [3.8, 4) is 11.5 Å². The fourth-order valence-electron chi connectivity index (χ4n) is 3.52. The lowest BCUT2D eigenvalue weighted by atomic mass is 9.95. The van der Waals surface area contributed by atoms with Crippen LogP contribution in [-0.4, -0.2) is 21.7 Å². The standard InChI is InChI=1S/C20H19NO4.ClH/c1-12-16(22)9-17-18(19(12)23)14-7-8-21(11-15(14)20(24)25-17)10-13-5-3-2-4-6-13;/h2-6,9,22-23H,7-8,10-11H2,1H3;1H. The molecule has 1 aliphatic heterocycles. The van der Waals surface area contributed by atoms with E-state index in [9.17, 15) is 15.0 Å². The SMILES string of the molecule is Cc1c(O)cc2oc(=O)c3c(c2c1O)CCN(Cc1ccccc1)C3.Cl. The van der Waals surface area contributed by atoms with Crippen LogP contribution in [-0.2, 0) is 19.5 Å². The Bertz CT molecular complexity index is 1010. The van der Waals surface area contributed by atoms with Crippen molar-refractivity contribution in [3.63, 3.8) is 0 Å². The number of benzene rings is 2. The Kier molecular flexibility index (Phi) is 4.94. The molecule has 0 spiro atoms. The Morgan fingerprint density at radius 1 is 1.15 bits per heavy atom. The van der Waals surface area contributed by atoms with Gasteiger partial charge in [-0.3, -0.25) is 4.90 Å². The molecule has 4 rings (SSSR count). The first kappa shape index (κ1) is 18.3. The Morgan fingerprint density at radius 2 is 1.88 bits per heavy atom. The number of aromatic hydroxyl groups is 2. The minimum Gasteiger partial charge on any atom is -0.507 e. The van der Waals surface area contributed by atoms with Crippen LogP contribution in [0, 0.1) is 6.92 Å². The first-order valence-electron chi connectivity index (χ1n) is 8.31. The second kappa shape index (κ2) is 7.02. The highest BCUT2D eigenvalue weighted by Gasteiger charge is 2.25. The van der Waals surface area contributed by atoms with E-state index in [4.69, 9.17) is 4.42 Å². The molecule has 5 nitrogen and oxygen atoms in total. The van der Waals surface area contributed by atoms with Gasteiger partial charge < -0.3 is 14.6 Å². The van der Waals surface area contributed by atoms with Crippen LogP contribution < -0.4 is 5.63 Å². The second-order valence-corrected chi connectivity index (χ2v) is 6.54. The maximum atomic E-state index is 12.4. The van der Waals surface area contributed by atoms with Crippen LogP contribution in [0.25, 0.3) is 11.0 Å². The van der Waals surface area contributed by atoms with Crippen LogP contribution in [0.2, 0.25) is 0 Å². The van der Waals surface area contributed by atoms with Gasteiger partial charge in [0, 0.05) is 31.3 Å². The third kappa shape index (κ3) is 3.04. The summed E-state index contributed by atoms with van der Waals surface area (Å²) in [7, 11) is 0. The van der Waals surface area contributed by atoms with Crippen molar-refractivity contribution in [3.05, 3.63) is 69.1 Å². The van der Waals surface area contributed by atoms with Crippen molar-refractivity contribution in [2.45, 2.75) is 26.4 Å². The fraction of sp³-hybridized carbons (Fsp3) is 0.250.